The quantitative estimate of drug-likeness (QED) is 0.210. The molecule has 0 aromatic rings. The minimum absolute atomic E-state index is 0. The summed E-state index contributed by atoms with van der Waals surface area (Å²) in [7, 11) is 0. The van der Waals surface area contributed by atoms with Crippen LogP contribution in [0.4, 0.5) is 0 Å². The van der Waals surface area contributed by atoms with E-state index in [0.29, 0.717) is 39.1 Å². The van der Waals surface area contributed by atoms with Gasteiger partial charge in [0.1, 0.15) is 0 Å². The third-order valence-electron chi connectivity index (χ3n) is 8.63. The third kappa shape index (κ3) is 17.1. The van der Waals surface area contributed by atoms with Gasteiger partial charge in [0.2, 0.25) is 0 Å². The van der Waals surface area contributed by atoms with Crippen molar-refractivity contribution in [3.63, 3.8) is 0 Å². The van der Waals surface area contributed by atoms with Gasteiger partial charge in [0.05, 0.1) is 0 Å². The van der Waals surface area contributed by atoms with Crippen molar-refractivity contribution >= 4 is 50.5 Å². The van der Waals surface area contributed by atoms with E-state index in [1.54, 1.807) is 0 Å². The van der Waals surface area contributed by atoms with E-state index < -0.39 is 0 Å². The summed E-state index contributed by atoms with van der Waals surface area (Å²) < 4.78 is 0. The second-order valence-electron chi connectivity index (χ2n) is 11.9. The molecule has 4 nitrogen and oxygen atoms in total. The van der Waals surface area contributed by atoms with Crippen molar-refractivity contribution in [3.05, 3.63) is 45.2 Å². The molecule has 42 heavy (non-hydrogen) atoms. The fourth-order valence-electron chi connectivity index (χ4n) is 6.07. The summed E-state index contributed by atoms with van der Waals surface area (Å²) in [4.78, 5) is 0. The SMILES string of the molecule is C1=CC[N-]C(C2CCCC[N-]2)=C1.C1CCC(C2CCCC[N-]2)[N-]C1.[S-]C1CCCCC1[S-].[S-]C1CCCCC1[S-].[Zn].[Zn]. The molecule has 6 aliphatic rings. The molecule has 0 bridgehead atoms. The number of rotatable bonds is 2. The summed E-state index contributed by atoms with van der Waals surface area (Å²) in [6, 6.07) is 1.60. The number of hydrogen-bond acceptors (Lipinski definition) is 4. The molecule has 10 heteroatoms. The molecule has 4 heterocycles. The van der Waals surface area contributed by atoms with Crippen molar-refractivity contribution in [2.24, 2.45) is 0 Å². The van der Waals surface area contributed by atoms with E-state index in [-0.39, 0.29) is 39.0 Å². The molecule has 2 aliphatic carbocycles. The van der Waals surface area contributed by atoms with Crippen molar-refractivity contribution < 1.29 is 39.0 Å². The molecule has 0 aromatic heterocycles. The molecule has 0 radical (unpaired) electrons. The zero-order valence-electron chi connectivity index (χ0n) is 26.0. The Morgan fingerprint density at radius 3 is 1.21 bits per heavy atom. The summed E-state index contributed by atoms with van der Waals surface area (Å²) in [5.41, 5.74) is 1.19. The van der Waals surface area contributed by atoms with E-state index in [4.69, 9.17) is 50.5 Å². The van der Waals surface area contributed by atoms with E-state index in [2.05, 4.69) is 39.5 Å². The predicted octanol–water partition coefficient (Wildman–Crippen LogP) is 8.36. The fourth-order valence-corrected chi connectivity index (χ4v) is 7.28. The molecule has 236 valence electrons. The van der Waals surface area contributed by atoms with Gasteiger partial charge in [0.25, 0.3) is 0 Å². The van der Waals surface area contributed by atoms with Crippen LogP contribution in [0.5, 0.6) is 0 Å². The van der Waals surface area contributed by atoms with Crippen molar-refractivity contribution in [2.75, 3.05) is 26.2 Å². The van der Waals surface area contributed by atoms with E-state index >= 15 is 0 Å². The second kappa shape index (κ2) is 25.8. The molecule has 0 spiro atoms. The van der Waals surface area contributed by atoms with Crippen LogP contribution in [0.15, 0.2) is 23.9 Å². The average Bonchev–Trinajstić information content (AvgIpc) is 3.03. The predicted molar refractivity (Wildman–Crippen MR) is 185 cm³/mol. The molecule has 0 N–H and O–H groups in total. The summed E-state index contributed by atoms with van der Waals surface area (Å²) in [5, 5.41) is 19.9. The van der Waals surface area contributed by atoms with Gasteiger partial charge in [-0.05, 0) is 0 Å². The average molecular weight is 752 g/mol. The Morgan fingerprint density at radius 1 is 0.500 bits per heavy atom. The fraction of sp³-hybridized carbons (Fsp3) is 0.875. The van der Waals surface area contributed by atoms with Crippen LogP contribution in [0, 0.1) is 0 Å². The van der Waals surface area contributed by atoms with Crippen molar-refractivity contribution in [1.82, 2.24) is 0 Å². The molecule has 5 fully saturated rings. The van der Waals surface area contributed by atoms with Crippen molar-refractivity contribution in [3.8, 4) is 0 Å². The van der Waals surface area contributed by atoms with E-state index in [1.165, 1.54) is 115 Å². The molecule has 4 aliphatic heterocycles. The summed E-state index contributed by atoms with van der Waals surface area (Å²) in [6.07, 6.45) is 28.0. The largest absolute Gasteiger partial charge is 0.791 e. The maximum Gasteiger partial charge on any atom is 0 e. The van der Waals surface area contributed by atoms with Crippen LogP contribution in [0.25, 0.3) is 21.3 Å². The Kier molecular flexibility index (Phi) is 25.7. The number of piperidine rings is 3. The third-order valence-corrected chi connectivity index (χ3v) is 11.2. The maximum atomic E-state index is 5.11. The second-order valence-corrected chi connectivity index (χ2v) is 14.4. The van der Waals surface area contributed by atoms with Crippen LogP contribution in [-0.4, -0.2) is 65.3 Å². The van der Waals surface area contributed by atoms with Gasteiger partial charge in [0, 0.05) is 39.0 Å². The van der Waals surface area contributed by atoms with E-state index in [1.807, 2.05) is 0 Å². The zero-order valence-corrected chi connectivity index (χ0v) is 35.2. The molecule has 0 amide bonds. The van der Waals surface area contributed by atoms with Crippen LogP contribution < -0.4 is 0 Å². The van der Waals surface area contributed by atoms with Crippen molar-refractivity contribution in [1.29, 1.82) is 0 Å². The summed E-state index contributed by atoms with van der Waals surface area (Å²) in [6.45, 7) is 4.06. The number of nitrogens with zero attached hydrogens (tertiary/aromatic N) is 4. The van der Waals surface area contributed by atoms with E-state index in [9.17, 15) is 0 Å². The van der Waals surface area contributed by atoms with Crippen LogP contribution >= 0.6 is 0 Å². The first kappa shape index (κ1) is 41.8. The van der Waals surface area contributed by atoms with Gasteiger partial charge < -0.3 is 71.8 Å². The molecular formula is C32H52N4S4Zn2-8. The van der Waals surface area contributed by atoms with E-state index in [0.717, 1.165) is 26.2 Å². The Bertz CT molecular complexity index is 659. The number of hydrogen-bond donors (Lipinski definition) is 0. The monoisotopic (exact) mass is 748 g/mol. The minimum Gasteiger partial charge on any atom is -0.791 e. The van der Waals surface area contributed by atoms with Gasteiger partial charge in [-0.3, -0.25) is 0 Å². The van der Waals surface area contributed by atoms with Gasteiger partial charge >= 0.3 is 0 Å². The standard InChI is InChI=1S/C10H18N2.C10H14N2.2C6H12S2.2Zn/c2*1-3-7-11-9(5-1)10-6-2-4-8-12-10;2*7-5-3-1-2-4-6(5)8;;/h9-10H,1-8H2;1,3,5,10H,2,4,6-8H2;2*5-8H,1-4H2;;/q2*-2;;;;/p-4. The van der Waals surface area contributed by atoms with Gasteiger partial charge in [-0.1, -0.05) is 121 Å². The Hall–Kier alpha value is 1.81. The van der Waals surface area contributed by atoms with Gasteiger partial charge in [-0.2, -0.15) is 38.8 Å². The van der Waals surface area contributed by atoms with Gasteiger partial charge in [0.15, 0.2) is 0 Å². The first-order valence-electron chi connectivity index (χ1n) is 16.2. The molecule has 6 rings (SSSR count). The Morgan fingerprint density at radius 2 is 0.905 bits per heavy atom. The smallest absolute Gasteiger partial charge is 0 e. The van der Waals surface area contributed by atoms with Crippen LogP contribution in [0.3, 0.4) is 0 Å². The maximum absolute atomic E-state index is 5.11. The summed E-state index contributed by atoms with van der Waals surface area (Å²) >= 11 is 20.4. The van der Waals surface area contributed by atoms with Gasteiger partial charge in [-0.15, -0.1) is 38.3 Å². The normalized spacial score (nSPS) is 34.4. The number of allylic oxidation sites excluding steroid dienone is 2. The summed E-state index contributed by atoms with van der Waals surface area (Å²) in [5.74, 6) is 0. The molecule has 2 saturated carbocycles. The molecule has 7 unspecified atom stereocenters. The first-order valence-corrected chi connectivity index (χ1v) is 18.1. The topological polar surface area (TPSA) is 56.4 Å². The Labute approximate surface area is 306 Å². The van der Waals surface area contributed by atoms with Crippen LogP contribution in [0.2, 0.25) is 0 Å². The molecule has 0 aromatic carbocycles. The first-order chi connectivity index (χ1) is 19.5. The van der Waals surface area contributed by atoms with Crippen LogP contribution in [0.1, 0.15) is 109 Å². The van der Waals surface area contributed by atoms with Crippen molar-refractivity contribution in [2.45, 2.75) is 148 Å². The Balaban J connectivity index is 0.000000281. The van der Waals surface area contributed by atoms with Gasteiger partial charge in [-0.25, -0.2) is 0 Å². The molecular weight excluding hydrogens is 699 g/mol. The zero-order chi connectivity index (χ0) is 28.4. The van der Waals surface area contributed by atoms with Crippen LogP contribution in [-0.2, 0) is 89.5 Å². The molecule has 7 atom stereocenters. The molecule has 3 saturated heterocycles. The minimum atomic E-state index is 0.